The van der Waals surface area contributed by atoms with Crippen LogP contribution in [0.3, 0.4) is 0 Å². The van der Waals surface area contributed by atoms with Gasteiger partial charge in [-0.05, 0) is 64.1 Å². The Balaban J connectivity index is 1.68. The smallest absolute Gasteiger partial charge is 0.0114 e. The van der Waals surface area contributed by atoms with Crippen molar-refractivity contribution in [2.75, 3.05) is 25.6 Å². The van der Waals surface area contributed by atoms with Crippen molar-refractivity contribution < 1.29 is 0 Å². The van der Waals surface area contributed by atoms with Crippen LogP contribution in [0.4, 0.5) is 0 Å². The van der Waals surface area contributed by atoms with E-state index in [1.165, 1.54) is 57.2 Å². The highest BCUT2D eigenvalue weighted by atomic mass is 32.2. The van der Waals surface area contributed by atoms with Gasteiger partial charge in [-0.15, -0.1) is 0 Å². The van der Waals surface area contributed by atoms with E-state index >= 15 is 0 Å². The van der Waals surface area contributed by atoms with E-state index in [4.69, 9.17) is 0 Å². The molecule has 0 saturated carbocycles. The van der Waals surface area contributed by atoms with Crippen LogP contribution in [0.5, 0.6) is 0 Å². The Kier molecular flexibility index (Phi) is 5.64. The lowest BCUT2D eigenvalue weighted by Crippen LogP contribution is -2.48. The summed E-state index contributed by atoms with van der Waals surface area (Å²) in [4.78, 5) is 2.83. The summed E-state index contributed by atoms with van der Waals surface area (Å²) in [5.41, 5.74) is 0. The second kappa shape index (κ2) is 7.01. The zero-order chi connectivity index (χ0) is 12.1. The van der Waals surface area contributed by atoms with Crippen LogP contribution in [-0.2, 0) is 0 Å². The van der Waals surface area contributed by atoms with Gasteiger partial charge in [0.2, 0.25) is 0 Å². The number of fused-ring (bicyclic) bond motifs is 2. The van der Waals surface area contributed by atoms with Gasteiger partial charge in [-0.25, -0.2) is 0 Å². The summed E-state index contributed by atoms with van der Waals surface area (Å²) in [6, 6.07) is 2.58. The molecule has 100 valence electrons. The fourth-order valence-corrected chi connectivity index (χ4v) is 4.09. The highest BCUT2D eigenvalue weighted by Gasteiger charge is 2.39. The maximum Gasteiger partial charge on any atom is 0.0114 e. The number of nitrogens with one attached hydrogen (secondary N) is 1. The fourth-order valence-electron chi connectivity index (χ4n) is 3.59. The molecule has 2 rings (SSSR count). The molecule has 2 aliphatic heterocycles. The average Bonchev–Trinajstić information content (AvgIpc) is 2.60. The molecular formula is C14H28N2S. The molecule has 0 radical (unpaired) electrons. The third-order valence-corrected chi connectivity index (χ3v) is 5.25. The first-order chi connectivity index (χ1) is 8.35. The number of hydrogen-bond acceptors (Lipinski definition) is 3. The van der Waals surface area contributed by atoms with Crippen LogP contribution in [0.2, 0.25) is 0 Å². The summed E-state index contributed by atoms with van der Waals surface area (Å²) in [5, 5.41) is 3.48. The molecule has 17 heavy (non-hydrogen) atoms. The van der Waals surface area contributed by atoms with Crippen molar-refractivity contribution in [2.24, 2.45) is 0 Å². The van der Waals surface area contributed by atoms with Crippen LogP contribution in [0.15, 0.2) is 0 Å². The number of piperidine rings is 1. The largest absolute Gasteiger partial charge is 0.317 e. The van der Waals surface area contributed by atoms with E-state index in [9.17, 15) is 0 Å². The molecular weight excluding hydrogens is 228 g/mol. The van der Waals surface area contributed by atoms with Gasteiger partial charge in [0.05, 0.1) is 0 Å². The van der Waals surface area contributed by atoms with Crippen molar-refractivity contribution in [3.63, 3.8) is 0 Å². The molecule has 2 fully saturated rings. The zero-order valence-electron chi connectivity index (χ0n) is 11.5. The van der Waals surface area contributed by atoms with Crippen LogP contribution < -0.4 is 5.32 Å². The standard InChI is InChI=1S/C14H28N2S/c1-15-12-10-13-6-7-14(11-12)16(13)8-4-3-5-9-17-2/h12-15H,3-11H2,1-2H3. The van der Waals surface area contributed by atoms with Gasteiger partial charge in [-0.1, -0.05) is 6.42 Å². The molecule has 2 saturated heterocycles. The minimum absolute atomic E-state index is 0.792. The quantitative estimate of drug-likeness (QED) is 0.705. The lowest BCUT2D eigenvalue weighted by molar-refractivity contribution is 0.117. The molecule has 1 N–H and O–H groups in total. The number of unbranched alkanes of at least 4 members (excludes halogenated alkanes) is 2. The average molecular weight is 256 g/mol. The Morgan fingerprint density at radius 1 is 1.12 bits per heavy atom. The Labute approximate surface area is 111 Å². The first-order valence-electron chi connectivity index (χ1n) is 7.27. The van der Waals surface area contributed by atoms with Crippen molar-refractivity contribution in [3.05, 3.63) is 0 Å². The van der Waals surface area contributed by atoms with Gasteiger partial charge < -0.3 is 5.32 Å². The topological polar surface area (TPSA) is 15.3 Å². The summed E-state index contributed by atoms with van der Waals surface area (Å²) in [7, 11) is 2.13. The molecule has 0 aromatic heterocycles. The first-order valence-corrected chi connectivity index (χ1v) is 8.66. The second-order valence-electron chi connectivity index (χ2n) is 5.63. The predicted molar refractivity (Wildman–Crippen MR) is 77.8 cm³/mol. The van der Waals surface area contributed by atoms with Crippen LogP contribution in [0, 0.1) is 0 Å². The summed E-state index contributed by atoms with van der Waals surface area (Å²) in [5.74, 6) is 1.34. The van der Waals surface area contributed by atoms with E-state index in [-0.39, 0.29) is 0 Å². The monoisotopic (exact) mass is 256 g/mol. The van der Waals surface area contributed by atoms with Crippen molar-refractivity contribution in [2.45, 2.75) is 63.1 Å². The van der Waals surface area contributed by atoms with Gasteiger partial charge in [0, 0.05) is 18.1 Å². The molecule has 2 heterocycles. The van der Waals surface area contributed by atoms with Crippen LogP contribution >= 0.6 is 11.8 Å². The van der Waals surface area contributed by atoms with Crippen LogP contribution in [0.1, 0.15) is 44.9 Å². The number of nitrogens with zero attached hydrogens (tertiary/aromatic N) is 1. The molecule has 3 heteroatoms. The number of hydrogen-bond donors (Lipinski definition) is 1. The lowest BCUT2D eigenvalue weighted by Gasteiger charge is -2.39. The maximum absolute atomic E-state index is 3.48. The van der Waals surface area contributed by atoms with Gasteiger partial charge >= 0.3 is 0 Å². The first kappa shape index (κ1) is 13.7. The number of thioether (sulfide) groups is 1. The van der Waals surface area contributed by atoms with E-state index in [1.807, 2.05) is 11.8 Å². The minimum atomic E-state index is 0.792. The fraction of sp³-hybridized carbons (Fsp3) is 1.00. The zero-order valence-corrected chi connectivity index (χ0v) is 12.3. The Bertz CT molecular complexity index is 208. The van der Waals surface area contributed by atoms with E-state index in [2.05, 4.69) is 23.5 Å². The molecule has 0 aliphatic carbocycles. The molecule has 0 spiro atoms. The van der Waals surface area contributed by atoms with Gasteiger partial charge in [0.25, 0.3) is 0 Å². The van der Waals surface area contributed by atoms with E-state index in [1.54, 1.807) is 0 Å². The molecule has 2 bridgehead atoms. The van der Waals surface area contributed by atoms with Crippen molar-refractivity contribution in [1.29, 1.82) is 0 Å². The van der Waals surface area contributed by atoms with Crippen molar-refractivity contribution >= 4 is 11.8 Å². The van der Waals surface area contributed by atoms with Gasteiger partial charge in [-0.3, -0.25) is 4.90 Å². The highest BCUT2D eigenvalue weighted by molar-refractivity contribution is 7.98. The minimum Gasteiger partial charge on any atom is -0.317 e. The van der Waals surface area contributed by atoms with Crippen LogP contribution in [-0.4, -0.2) is 48.6 Å². The Morgan fingerprint density at radius 2 is 1.82 bits per heavy atom. The van der Waals surface area contributed by atoms with Gasteiger partial charge in [-0.2, -0.15) is 11.8 Å². The van der Waals surface area contributed by atoms with E-state index in [0.717, 1.165) is 18.1 Å². The van der Waals surface area contributed by atoms with Crippen LogP contribution in [0.25, 0.3) is 0 Å². The molecule has 2 nitrogen and oxygen atoms in total. The molecule has 0 aromatic carbocycles. The SMILES string of the molecule is CNC1CC2CCC(C1)N2CCCCCSC. The molecule has 0 aromatic rings. The molecule has 2 aliphatic rings. The lowest BCUT2D eigenvalue weighted by atomic mass is 9.97. The number of rotatable bonds is 7. The normalized spacial score (nSPS) is 33.2. The summed E-state index contributed by atoms with van der Waals surface area (Å²) in [6.07, 6.45) is 12.1. The predicted octanol–water partition coefficient (Wildman–Crippen LogP) is 2.73. The maximum atomic E-state index is 3.48. The van der Waals surface area contributed by atoms with E-state index < -0.39 is 0 Å². The highest BCUT2D eigenvalue weighted by Crippen LogP contribution is 2.35. The van der Waals surface area contributed by atoms with Crippen molar-refractivity contribution in [1.82, 2.24) is 10.2 Å². The summed E-state index contributed by atoms with van der Waals surface area (Å²) >= 11 is 1.98. The third-order valence-electron chi connectivity index (χ3n) is 4.56. The van der Waals surface area contributed by atoms with Gasteiger partial charge in [0.1, 0.15) is 0 Å². The second-order valence-corrected chi connectivity index (χ2v) is 6.62. The van der Waals surface area contributed by atoms with Gasteiger partial charge in [0.15, 0.2) is 0 Å². The third kappa shape index (κ3) is 3.62. The van der Waals surface area contributed by atoms with E-state index in [0.29, 0.717) is 0 Å². The summed E-state index contributed by atoms with van der Waals surface area (Å²) in [6.45, 7) is 1.36. The molecule has 2 atom stereocenters. The molecule has 0 amide bonds. The summed E-state index contributed by atoms with van der Waals surface area (Å²) < 4.78 is 0. The molecule has 2 unspecified atom stereocenters. The Hall–Kier alpha value is 0.270. The Morgan fingerprint density at radius 3 is 2.41 bits per heavy atom. The van der Waals surface area contributed by atoms with Crippen molar-refractivity contribution in [3.8, 4) is 0 Å².